The Bertz CT molecular complexity index is 1450. The zero-order chi connectivity index (χ0) is 24.9. The predicted molar refractivity (Wildman–Crippen MR) is 148 cm³/mol. The van der Waals surface area contributed by atoms with Gasteiger partial charge in [0.05, 0.1) is 24.8 Å². The van der Waals surface area contributed by atoms with Gasteiger partial charge < -0.3 is 14.0 Å². The van der Waals surface area contributed by atoms with Gasteiger partial charge in [-0.25, -0.2) is 4.98 Å². The number of aryl methyl sites for hydroxylation is 2. The third-order valence-corrected chi connectivity index (χ3v) is 7.02. The minimum absolute atomic E-state index is 0.178. The number of imidazole rings is 1. The van der Waals surface area contributed by atoms with Crippen molar-refractivity contribution >= 4 is 21.8 Å². The van der Waals surface area contributed by atoms with Crippen LogP contribution in [0.15, 0.2) is 84.9 Å². The standard InChI is InChI=1S/C32H34N2O2/c1-4-24-11-16-28(17-12-24)36-20-8-7-19-34-31-10-6-5-9-30(31)33-32(34)23(2)25-13-14-27-22-29(35-3)18-15-26(27)21-25/h5-6,9-18,21-23H,4,7-8,19-20H2,1-3H3. The van der Waals surface area contributed by atoms with E-state index in [1.807, 2.05) is 6.07 Å². The summed E-state index contributed by atoms with van der Waals surface area (Å²) < 4.78 is 13.8. The first-order chi connectivity index (χ1) is 17.7. The molecule has 0 radical (unpaired) electrons. The van der Waals surface area contributed by atoms with E-state index in [1.54, 1.807) is 7.11 Å². The van der Waals surface area contributed by atoms with E-state index >= 15 is 0 Å². The van der Waals surface area contributed by atoms with Crippen LogP contribution < -0.4 is 9.47 Å². The molecule has 36 heavy (non-hydrogen) atoms. The molecule has 1 heterocycles. The van der Waals surface area contributed by atoms with Crippen LogP contribution in [0, 0.1) is 0 Å². The van der Waals surface area contributed by atoms with E-state index in [9.17, 15) is 0 Å². The fourth-order valence-corrected chi connectivity index (χ4v) is 4.83. The molecule has 5 rings (SSSR count). The lowest BCUT2D eigenvalue weighted by molar-refractivity contribution is 0.303. The molecule has 0 N–H and O–H groups in total. The SMILES string of the molecule is CCc1ccc(OCCCCn2c(C(C)c3ccc4cc(OC)ccc4c3)nc3ccccc32)cc1. The van der Waals surface area contributed by atoms with E-state index in [1.165, 1.54) is 27.4 Å². The van der Waals surface area contributed by atoms with Crippen LogP contribution >= 0.6 is 0 Å². The Morgan fingerprint density at radius 3 is 2.39 bits per heavy atom. The van der Waals surface area contributed by atoms with E-state index < -0.39 is 0 Å². The van der Waals surface area contributed by atoms with Crippen molar-refractivity contribution < 1.29 is 9.47 Å². The third-order valence-electron chi connectivity index (χ3n) is 7.02. The minimum Gasteiger partial charge on any atom is -0.497 e. The first kappa shape index (κ1) is 23.9. The smallest absolute Gasteiger partial charge is 0.119 e. The van der Waals surface area contributed by atoms with Crippen molar-refractivity contribution in [2.24, 2.45) is 0 Å². The summed E-state index contributed by atoms with van der Waals surface area (Å²) in [5.41, 5.74) is 4.85. The van der Waals surface area contributed by atoms with Gasteiger partial charge in [0.1, 0.15) is 17.3 Å². The lowest BCUT2D eigenvalue weighted by Gasteiger charge is -2.16. The van der Waals surface area contributed by atoms with Gasteiger partial charge in [0.25, 0.3) is 0 Å². The molecule has 0 spiro atoms. The molecule has 0 saturated heterocycles. The molecule has 0 aliphatic rings. The lowest BCUT2D eigenvalue weighted by atomic mass is 9.97. The van der Waals surface area contributed by atoms with Crippen molar-refractivity contribution in [1.82, 2.24) is 9.55 Å². The van der Waals surface area contributed by atoms with E-state index in [2.05, 4.69) is 97.3 Å². The molecule has 1 aromatic heterocycles. The zero-order valence-corrected chi connectivity index (χ0v) is 21.4. The van der Waals surface area contributed by atoms with Crippen molar-refractivity contribution in [3.8, 4) is 11.5 Å². The molecule has 1 unspecified atom stereocenters. The lowest BCUT2D eigenvalue weighted by Crippen LogP contribution is -2.09. The first-order valence-corrected chi connectivity index (χ1v) is 12.9. The molecule has 4 heteroatoms. The summed E-state index contributed by atoms with van der Waals surface area (Å²) in [5, 5.41) is 2.40. The molecule has 4 nitrogen and oxygen atoms in total. The van der Waals surface area contributed by atoms with Crippen LogP contribution in [0.5, 0.6) is 11.5 Å². The second-order valence-electron chi connectivity index (χ2n) is 9.36. The van der Waals surface area contributed by atoms with E-state index in [0.29, 0.717) is 0 Å². The third kappa shape index (κ3) is 5.08. The Morgan fingerprint density at radius 2 is 1.58 bits per heavy atom. The highest BCUT2D eigenvalue weighted by Gasteiger charge is 2.18. The zero-order valence-electron chi connectivity index (χ0n) is 21.4. The molecule has 184 valence electrons. The highest BCUT2D eigenvalue weighted by molar-refractivity contribution is 5.85. The first-order valence-electron chi connectivity index (χ1n) is 12.9. The van der Waals surface area contributed by atoms with Crippen LogP contribution in [-0.2, 0) is 13.0 Å². The Morgan fingerprint density at radius 1 is 0.833 bits per heavy atom. The van der Waals surface area contributed by atoms with Gasteiger partial charge in [-0.1, -0.05) is 62.4 Å². The average Bonchev–Trinajstić information content (AvgIpc) is 3.30. The van der Waals surface area contributed by atoms with Gasteiger partial charge in [0, 0.05) is 12.5 Å². The van der Waals surface area contributed by atoms with Crippen molar-refractivity contribution in [3.05, 3.63) is 102 Å². The van der Waals surface area contributed by atoms with Gasteiger partial charge in [0.2, 0.25) is 0 Å². The number of benzene rings is 4. The largest absolute Gasteiger partial charge is 0.497 e. The molecule has 5 aromatic rings. The number of methoxy groups -OCH3 is 1. The number of nitrogens with zero attached hydrogens (tertiary/aromatic N) is 2. The second kappa shape index (κ2) is 10.9. The number of hydrogen-bond acceptors (Lipinski definition) is 3. The van der Waals surface area contributed by atoms with E-state index in [0.717, 1.165) is 55.3 Å². The summed E-state index contributed by atoms with van der Waals surface area (Å²) in [5.74, 6) is 3.12. The summed E-state index contributed by atoms with van der Waals surface area (Å²) in [6, 6.07) is 29.8. The maximum absolute atomic E-state index is 5.98. The summed E-state index contributed by atoms with van der Waals surface area (Å²) in [7, 11) is 1.71. The normalized spacial score (nSPS) is 12.2. The molecule has 0 bridgehead atoms. The summed E-state index contributed by atoms with van der Waals surface area (Å²) >= 11 is 0. The Hall–Kier alpha value is -3.79. The van der Waals surface area contributed by atoms with Crippen molar-refractivity contribution in [1.29, 1.82) is 0 Å². The molecule has 4 aromatic carbocycles. The number of ether oxygens (including phenoxy) is 2. The Labute approximate surface area is 213 Å². The second-order valence-corrected chi connectivity index (χ2v) is 9.36. The number of fused-ring (bicyclic) bond motifs is 2. The van der Waals surface area contributed by atoms with Crippen molar-refractivity contribution in [3.63, 3.8) is 0 Å². The molecule has 0 aliphatic carbocycles. The van der Waals surface area contributed by atoms with Gasteiger partial charge in [-0.3, -0.25) is 0 Å². The molecule has 0 amide bonds. The highest BCUT2D eigenvalue weighted by Crippen LogP contribution is 2.31. The van der Waals surface area contributed by atoms with Crippen LogP contribution in [0.4, 0.5) is 0 Å². The molecule has 0 saturated carbocycles. The van der Waals surface area contributed by atoms with Crippen LogP contribution in [0.2, 0.25) is 0 Å². The van der Waals surface area contributed by atoms with Crippen LogP contribution in [0.1, 0.15) is 49.6 Å². The molecule has 0 fully saturated rings. The summed E-state index contributed by atoms with van der Waals surface area (Å²) in [4.78, 5) is 5.07. The fraction of sp³-hybridized carbons (Fsp3) is 0.281. The van der Waals surface area contributed by atoms with Crippen molar-refractivity contribution in [2.45, 2.75) is 45.6 Å². The number of unbranched alkanes of at least 4 members (excludes halogenated alkanes) is 1. The monoisotopic (exact) mass is 478 g/mol. The number of aromatic nitrogens is 2. The Balaban J connectivity index is 1.31. The highest BCUT2D eigenvalue weighted by atomic mass is 16.5. The van der Waals surface area contributed by atoms with Gasteiger partial charge in [-0.05, 0) is 77.6 Å². The summed E-state index contributed by atoms with van der Waals surface area (Å²) in [6.45, 7) is 6.06. The predicted octanol–water partition coefficient (Wildman–Crippen LogP) is 7.77. The van der Waals surface area contributed by atoms with E-state index in [-0.39, 0.29) is 5.92 Å². The maximum atomic E-state index is 5.98. The van der Waals surface area contributed by atoms with E-state index in [4.69, 9.17) is 14.5 Å². The van der Waals surface area contributed by atoms with Gasteiger partial charge in [-0.15, -0.1) is 0 Å². The molecule has 1 atom stereocenters. The maximum Gasteiger partial charge on any atom is 0.119 e. The Kier molecular flexibility index (Phi) is 7.22. The minimum atomic E-state index is 0.178. The van der Waals surface area contributed by atoms with Crippen LogP contribution in [-0.4, -0.2) is 23.3 Å². The summed E-state index contributed by atoms with van der Waals surface area (Å²) in [6.07, 6.45) is 3.08. The quantitative estimate of drug-likeness (QED) is 0.192. The number of rotatable bonds is 10. The topological polar surface area (TPSA) is 36.3 Å². The number of para-hydroxylation sites is 2. The van der Waals surface area contributed by atoms with Crippen LogP contribution in [0.3, 0.4) is 0 Å². The van der Waals surface area contributed by atoms with Crippen molar-refractivity contribution in [2.75, 3.05) is 13.7 Å². The van der Waals surface area contributed by atoms with Crippen LogP contribution in [0.25, 0.3) is 21.8 Å². The van der Waals surface area contributed by atoms with Gasteiger partial charge in [0.15, 0.2) is 0 Å². The van der Waals surface area contributed by atoms with Gasteiger partial charge >= 0.3 is 0 Å². The molecule has 0 aliphatic heterocycles. The average molecular weight is 479 g/mol. The fourth-order valence-electron chi connectivity index (χ4n) is 4.83. The van der Waals surface area contributed by atoms with Gasteiger partial charge in [-0.2, -0.15) is 0 Å². The number of hydrogen-bond donors (Lipinski definition) is 0. The molecular formula is C32H34N2O2. The molecular weight excluding hydrogens is 444 g/mol.